The number of nitrogens with zero attached hydrogens (tertiary/aromatic N) is 3. The largest absolute Gasteiger partial charge is 0.492 e. The molecule has 0 saturated carbocycles. The fraction of sp³-hybridized carbons (Fsp3) is 0.433. The number of amides is 2. The van der Waals surface area contributed by atoms with Crippen molar-refractivity contribution in [1.29, 1.82) is 0 Å². The van der Waals surface area contributed by atoms with Crippen molar-refractivity contribution in [2.45, 2.75) is 39.5 Å². The first kappa shape index (κ1) is 29.5. The molecule has 3 N–H and O–H groups in total. The van der Waals surface area contributed by atoms with Crippen LogP contribution in [0.5, 0.6) is 5.75 Å². The van der Waals surface area contributed by atoms with Crippen LogP contribution in [0.2, 0.25) is 0 Å². The van der Waals surface area contributed by atoms with Gasteiger partial charge in [0, 0.05) is 49.3 Å². The maximum atomic E-state index is 15.2. The first-order valence-electron chi connectivity index (χ1n) is 14.0. The van der Waals surface area contributed by atoms with Crippen molar-refractivity contribution in [3.05, 3.63) is 65.3 Å². The van der Waals surface area contributed by atoms with Crippen molar-refractivity contribution in [2.24, 2.45) is 5.92 Å². The summed E-state index contributed by atoms with van der Waals surface area (Å²) in [5.74, 6) is 0.218. The molecule has 2 aromatic heterocycles. The van der Waals surface area contributed by atoms with Crippen LogP contribution in [-0.4, -0.2) is 65.5 Å². The van der Waals surface area contributed by atoms with Crippen LogP contribution in [0.4, 0.5) is 19.4 Å². The van der Waals surface area contributed by atoms with Gasteiger partial charge >= 0.3 is 6.03 Å². The van der Waals surface area contributed by atoms with Gasteiger partial charge in [0.15, 0.2) is 5.82 Å². The van der Waals surface area contributed by atoms with Gasteiger partial charge in [0.05, 0.1) is 30.2 Å². The Labute approximate surface area is 243 Å². The Morgan fingerprint density at radius 2 is 1.98 bits per heavy atom. The van der Waals surface area contributed by atoms with E-state index in [1.165, 1.54) is 12.1 Å². The smallest absolute Gasteiger partial charge is 0.324 e. The molecule has 1 aliphatic carbocycles. The minimum Gasteiger partial charge on any atom is -0.492 e. The van der Waals surface area contributed by atoms with E-state index >= 15 is 4.39 Å². The quantitative estimate of drug-likeness (QED) is 0.315. The van der Waals surface area contributed by atoms with Crippen molar-refractivity contribution in [1.82, 2.24) is 25.3 Å². The van der Waals surface area contributed by atoms with Crippen LogP contribution < -0.4 is 15.4 Å². The second kappa shape index (κ2) is 12.5. The summed E-state index contributed by atoms with van der Waals surface area (Å²) in [7, 11) is 0. The highest BCUT2D eigenvalue weighted by molar-refractivity contribution is 5.89. The second-order valence-corrected chi connectivity index (χ2v) is 11.5. The van der Waals surface area contributed by atoms with Crippen LogP contribution in [0.25, 0.3) is 17.0 Å². The van der Waals surface area contributed by atoms with Gasteiger partial charge < -0.3 is 24.3 Å². The van der Waals surface area contributed by atoms with Crippen molar-refractivity contribution in [2.75, 3.05) is 44.8 Å². The molecule has 1 aliphatic heterocycles. The first-order valence-corrected chi connectivity index (χ1v) is 14.0. The number of benzene rings is 1. The monoisotopic (exact) mass is 582 g/mol. The molecule has 0 spiro atoms. The number of H-pyrrole nitrogens is 1. The van der Waals surface area contributed by atoms with Crippen LogP contribution in [0.3, 0.4) is 0 Å². The molecule has 3 heterocycles. The minimum atomic E-state index is -0.622. The third-order valence-corrected chi connectivity index (χ3v) is 7.20. The van der Waals surface area contributed by atoms with Gasteiger partial charge in [0.25, 0.3) is 0 Å². The summed E-state index contributed by atoms with van der Waals surface area (Å²) in [6, 6.07) is 5.67. The zero-order valence-electron chi connectivity index (χ0n) is 24.2. The van der Waals surface area contributed by atoms with Crippen molar-refractivity contribution in [3.63, 3.8) is 0 Å². The van der Waals surface area contributed by atoms with Crippen LogP contribution >= 0.6 is 0 Å². The average molecular weight is 583 g/mol. The third kappa shape index (κ3) is 7.05. The van der Waals surface area contributed by atoms with Crippen molar-refractivity contribution >= 4 is 17.4 Å². The lowest BCUT2D eigenvalue weighted by Crippen LogP contribution is -2.38. The molecule has 3 aromatic rings. The van der Waals surface area contributed by atoms with E-state index < -0.39 is 17.7 Å². The number of carbonyl (C=O) groups excluding carboxylic acids is 1. The Morgan fingerprint density at radius 3 is 2.67 bits per heavy atom. The summed E-state index contributed by atoms with van der Waals surface area (Å²) in [5, 5.41) is 9.03. The molecule has 1 saturated heterocycles. The van der Waals surface area contributed by atoms with E-state index in [-0.39, 0.29) is 28.4 Å². The average Bonchev–Trinajstić information content (AvgIpc) is 3.62. The van der Waals surface area contributed by atoms with Crippen LogP contribution in [0, 0.1) is 11.7 Å². The number of hydrogen-bond donors (Lipinski definition) is 3. The molecule has 10 nitrogen and oxygen atoms in total. The molecule has 1 aromatic carbocycles. The number of rotatable bonds is 8. The summed E-state index contributed by atoms with van der Waals surface area (Å²) in [4.78, 5) is 22.3. The lowest BCUT2D eigenvalue weighted by Gasteiger charge is -2.26. The number of anilines is 1. The van der Waals surface area contributed by atoms with Crippen molar-refractivity contribution in [3.8, 4) is 17.1 Å². The number of nitrogens with one attached hydrogen (secondary N) is 3. The van der Waals surface area contributed by atoms with Crippen LogP contribution in [-0.2, 0) is 10.2 Å². The third-order valence-electron chi connectivity index (χ3n) is 7.20. The lowest BCUT2D eigenvalue weighted by atomic mass is 9.90. The Morgan fingerprint density at radius 1 is 1.19 bits per heavy atom. The molecule has 1 fully saturated rings. The summed E-state index contributed by atoms with van der Waals surface area (Å²) in [6.45, 7) is 12.0. The fourth-order valence-corrected chi connectivity index (χ4v) is 4.80. The Kier molecular flexibility index (Phi) is 8.74. The Balaban J connectivity index is 1.21. The van der Waals surface area contributed by atoms with Crippen LogP contribution in [0.15, 0.2) is 52.6 Å². The summed E-state index contributed by atoms with van der Waals surface area (Å²) < 4.78 is 46.5. The molecule has 12 heteroatoms. The highest BCUT2D eigenvalue weighted by atomic mass is 19.1. The predicted molar refractivity (Wildman–Crippen MR) is 154 cm³/mol. The highest BCUT2D eigenvalue weighted by Crippen LogP contribution is 2.35. The van der Waals surface area contributed by atoms with Gasteiger partial charge in [-0.05, 0) is 30.2 Å². The van der Waals surface area contributed by atoms with Gasteiger partial charge in [-0.3, -0.25) is 10.2 Å². The minimum absolute atomic E-state index is 0.154. The standard InChI is InChI=1S/C30H36F2N6O4/c1-18-13-19(14-23(32)27(18)36-29(39)35-26-16-25(42-37-26)30(2,3)4)24-17-33-28(34-24)21-6-5-20(15-22(21)31)41-12-9-38-7-10-40-11-8-38/h5-6,14-18H,7-13H2,1-4H3,(H,33,34)(H2,35,36,37,39). The van der Waals surface area contributed by atoms with Crippen molar-refractivity contribution < 1.29 is 27.6 Å². The molecule has 0 radical (unpaired) electrons. The molecule has 224 valence electrons. The van der Waals surface area contributed by atoms with E-state index in [0.29, 0.717) is 54.8 Å². The number of halogens is 2. The summed E-state index contributed by atoms with van der Waals surface area (Å²) in [5.41, 5.74) is 1.29. The maximum absolute atomic E-state index is 15.2. The van der Waals surface area contributed by atoms with E-state index in [4.69, 9.17) is 14.0 Å². The fourth-order valence-electron chi connectivity index (χ4n) is 4.80. The van der Waals surface area contributed by atoms with Gasteiger partial charge in [-0.15, -0.1) is 0 Å². The molecule has 1 unspecified atom stereocenters. The zero-order valence-corrected chi connectivity index (χ0v) is 24.2. The van der Waals surface area contributed by atoms with Gasteiger partial charge in [-0.1, -0.05) is 32.9 Å². The molecule has 5 rings (SSSR count). The van der Waals surface area contributed by atoms with E-state index in [0.717, 1.165) is 19.6 Å². The maximum Gasteiger partial charge on any atom is 0.324 e. The number of urea groups is 1. The first-order chi connectivity index (χ1) is 20.1. The number of aromatic amines is 1. The van der Waals surface area contributed by atoms with E-state index in [9.17, 15) is 9.18 Å². The normalized spacial score (nSPS) is 18.1. The number of aromatic nitrogens is 3. The number of morpholine rings is 1. The number of ether oxygens (including phenoxy) is 2. The number of allylic oxidation sites excluding steroid dienone is 4. The molecule has 42 heavy (non-hydrogen) atoms. The Hall–Kier alpha value is -4.03. The van der Waals surface area contributed by atoms with Gasteiger partial charge in [-0.25, -0.2) is 18.6 Å². The molecule has 2 aliphatic rings. The lowest BCUT2D eigenvalue weighted by molar-refractivity contribution is 0.0322. The number of hydrogen-bond acceptors (Lipinski definition) is 7. The van der Waals surface area contributed by atoms with Gasteiger partial charge in [0.2, 0.25) is 0 Å². The molecular formula is C30H36F2N6O4. The van der Waals surface area contributed by atoms with E-state index in [2.05, 4.69) is 30.7 Å². The summed E-state index contributed by atoms with van der Waals surface area (Å²) in [6.07, 6.45) is 3.38. The molecule has 0 bridgehead atoms. The Bertz CT molecular complexity index is 1480. The highest BCUT2D eigenvalue weighted by Gasteiger charge is 2.26. The van der Waals surface area contributed by atoms with Gasteiger partial charge in [-0.2, -0.15) is 0 Å². The molecule has 1 atom stereocenters. The van der Waals surface area contributed by atoms with E-state index in [1.807, 2.05) is 20.8 Å². The van der Waals surface area contributed by atoms with Crippen LogP contribution in [0.1, 0.15) is 45.6 Å². The predicted octanol–water partition coefficient (Wildman–Crippen LogP) is 5.64. The van der Waals surface area contributed by atoms with E-state index in [1.54, 1.807) is 31.3 Å². The van der Waals surface area contributed by atoms with Gasteiger partial charge in [0.1, 0.15) is 35.6 Å². The topological polar surface area (TPSA) is 118 Å². The summed E-state index contributed by atoms with van der Waals surface area (Å²) >= 11 is 0. The molecular weight excluding hydrogens is 546 g/mol. The number of imidazole rings is 1. The SMILES string of the molecule is CC1CC(c2c[nH]c(-c3ccc(OCCN4CCOCC4)cc3F)n2)=CC(F)=C1NC(=O)Nc1cc(C(C)(C)C)on1. The molecule has 2 amide bonds. The number of carbonyl (C=O) groups is 1. The second-order valence-electron chi connectivity index (χ2n) is 11.5. The zero-order chi connectivity index (χ0) is 29.9.